The van der Waals surface area contributed by atoms with Gasteiger partial charge in [0.25, 0.3) is 0 Å². The predicted molar refractivity (Wildman–Crippen MR) is 85.6 cm³/mol. The first kappa shape index (κ1) is 12.8. The zero-order valence-corrected chi connectivity index (χ0v) is 11.8. The second-order valence-electron chi connectivity index (χ2n) is 4.71. The summed E-state index contributed by atoms with van der Waals surface area (Å²) in [7, 11) is 0. The van der Waals surface area contributed by atoms with E-state index < -0.39 is 0 Å². The second kappa shape index (κ2) is 5.02. The number of nitrogen functional groups attached to an aromatic ring is 1. The SMILES string of the molecule is Cc1ccc(Cl)c(Nc2ccc(N)c3cccnc23)c1. The fraction of sp³-hybridized carbons (Fsp3) is 0.0625. The molecule has 3 aromatic rings. The molecule has 0 bridgehead atoms. The van der Waals surface area contributed by atoms with Crippen molar-refractivity contribution in [2.24, 2.45) is 0 Å². The van der Waals surface area contributed by atoms with Crippen molar-refractivity contribution in [2.45, 2.75) is 6.92 Å². The lowest BCUT2D eigenvalue weighted by Gasteiger charge is -2.12. The highest BCUT2D eigenvalue weighted by Gasteiger charge is 2.07. The van der Waals surface area contributed by atoms with E-state index in [4.69, 9.17) is 17.3 Å². The standard InChI is InChI=1S/C16H14ClN3/c1-10-4-5-12(17)15(9-10)20-14-7-6-13(18)11-3-2-8-19-16(11)14/h2-9,20H,18H2,1H3. The minimum atomic E-state index is 0.677. The van der Waals surface area contributed by atoms with E-state index in [9.17, 15) is 0 Å². The third kappa shape index (κ3) is 2.28. The molecule has 3 nitrogen and oxygen atoms in total. The van der Waals surface area contributed by atoms with Crippen LogP contribution in [0.5, 0.6) is 0 Å². The van der Waals surface area contributed by atoms with Gasteiger partial charge >= 0.3 is 0 Å². The van der Waals surface area contributed by atoms with Gasteiger partial charge in [0.1, 0.15) is 0 Å². The van der Waals surface area contributed by atoms with Gasteiger partial charge in [-0.05, 0) is 48.9 Å². The van der Waals surface area contributed by atoms with Gasteiger partial charge < -0.3 is 11.1 Å². The molecule has 0 aliphatic carbocycles. The lowest BCUT2D eigenvalue weighted by atomic mass is 10.1. The fourth-order valence-corrected chi connectivity index (χ4v) is 2.34. The van der Waals surface area contributed by atoms with E-state index in [1.807, 2.05) is 49.4 Å². The Balaban J connectivity index is 2.11. The molecule has 2 aromatic carbocycles. The topological polar surface area (TPSA) is 50.9 Å². The first-order valence-corrected chi connectivity index (χ1v) is 6.69. The van der Waals surface area contributed by atoms with E-state index >= 15 is 0 Å². The molecule has 4 heteroatoms. The summed E-state index contributed by atoms with van der Waals surface area (Å²) in [6, 6.07) is 13.5. The van der Waals surface area contributed by atoms with Crippen molar-refractivity contribution >= 4 is 39.6 Å². The van der Waals surface area contributed by atoms with Crippen molar-refractivity contribution in [3.05, 3.63) is 59.2 Å². The molecule has 3 rings (SSSR count). The molecule has 100 valence electrons. The maximum atomic E-state index is 6.22. The number of pyridine rings is 1. The summed E-state index contributed by atoms with van der Waals surface area (Å²) < 4.78 is 0. The highest BCUT2D eigenvalue weighted by molar-refractivity contribution is 6.33. The number of hydrogen-bond donors (Lipinski definition) is 2. The molecule has 0 atom stereocenters. The van der Waals surface area contributed by atoms with Gasteiger partial charge in [0, 0.05) is 17.3 Å². The summed E-state index contributed by atoms with van der Waals surface area (Å²) >= 11 is 6.22. The minimum Gasteiger partial charge on any atom is -0.398 e. The number of nitrogens with one attached hydrogen (secondary N) is 1. The smallest absolute Gasteiger partial charge is 0.0957 e. The Morgan fingerprint density at radius 3 is 2.80 bits per heavy atom. The fourth-order valence-electron chi connectivity index (χ4n) is 2.18. The van der Waals surface area contributed by atoms with Gasteiger partial charge in [0.15, 0.2) is 0 Å². The maximum absolute atomic E-state index is 6.22. The van der Waals surface area contributed by atoms with Gasteiger partial charge in [0.2, 0.25) is 0 Å². The van der Waals surface area contributed by atoms with Crippen LogP contribution in [0.15, 0.2) is 48.7 Å². The zero-order valence-electron chi connectivity index (χ0n) is 11.0. The molecule has 0 radical (unpaired) electrons. The number of benzene rings is 2. The molecule has 3 N–H and O–H groups in total. The number of fused-ring (bicyclic) bond motifs is 1. The molecule has 0 amide bonds. The molecule has 0 aliphatic heterocycles. The molecule has 0 fully saturated rings. The van der Waals surface area contributed by atoms with Crippen LogP contribution in [0.4, 0.5) is 17.1 Å². The van der Waals surface area contributed by atoms with Crippen molar-refractivity contribution < 1.29 is 0 Å². The third-order valence-electron chi connectivity index (χ3n) is 3.19. The number of nitrogens with two attached hydrogens (primary N) is 1. The van der Waals surface area contributed by atoms with Crippen LogP contribution in [-0.2, 0) is 0 Å². The predicted octanol–water partition coefficient (Wildman–Crippen LogP) is 4.52. The van der Waals surface area contributed by atoms with E-state index in [2.05, 4.69) is 10.3 Å². The summed E-state index contributed by atoms with van der Waals surface area (Å²) in [5.74, 6) is 0. The number of aromatic nitrogens is 1. The Hall–Kier alpha value is -2.26. The molecule has 0 aliphatic rings. The van der Waals surface area contributed by atoms with Gasteiger partial charge in [-0.15, -0.1) is 0 Å². The van der Waals surface area contributed by atoms with Gasteiger partial charge in [0.05, 0.1) is 21.9 Å². The molecule has 0 saturated carbocycles. The Labute approximate surface area is 122 Å². The zero-order chi connectivity index (χ0) is 14.1. The Morgan fingerprint density at radius 1 is 1.10 bits per heavy atom. The largest absolute Gasteiger partial charge is 0.398 e. The maximum Gasteiger partial charge on any atom is 0.0957 e. The van der Waals surface area contributed by atoms with E-state index in [1.165, 1.54) is 0 Å². The Morgan fingerprint density at radius 2 is 1.95 bits per heavy atom. The van der Waals surface area contributed by atoms with Crippen LogP contribution in [0.1, 0.15) is 5.56 Å². The van der Waals surface area contributed by atoms with Gasteiger partial charge in [-0.25, -0.2) is 0 Å². The average molecular weight is 284 g/mol. The van der Waals surface area contributed by atoms with Crippen molar-refractivity contribution in [3.63, 3.8) is 0 Å². The number of halogens is 1. The van der Waals surface area contributed by atoms with Crippen LogP contribution in [0.25, 0.3) is 10.9 Å². The van der Waals surface area contributed by atoms with E-state index in [1.54, 1.807) is 6.20 Å². The normalized spacial score (nSPS) is 10.7. The molecule has 0 saturated heterocycles. The van der Waals surface area contributed by atoms with E-state index in [0.717, 1.165) is 27.8 Å². The second-order valence-corrected chi connectivity index (χ2v) is 5.12. The summed E-state index contributed by atoms with van der Waals surface area (Å²) in [5, 5.41) is 4.94. The summed E-state index contributed by atoms with van der Waals surface area (Å²) in [5.41, 5.74) is 10.4. The first-order chi connectivity index (χ1) is 9.65. The Kier molecular flexibility index (Phi) is 3.20. The number of anilines is 3. The highest BCUT2D eigenvalue weighted by Crippen LogP contribution is 2.31. The molecule has 20 heavy (non-hydrogen) atoms. The number of rotatable bonds is 2. The van der Waals surface area contributed by atoms with Crippen LogP contribution >= 0.6 is 11.6 Å². The number of aryl methyl sites for hydroxylation is 1. The van der Waals surface area contributed by atoms with E-state index in [0.29, 0.717) is 10.7 Å². The molecule has 1 heterocycles. The van der Waals surface area contributed by atoms with Crippen molar-refractivity contribution in [1.82, 2.24) is 4.98 Å². The van der Waals surface area contributed by atoms with Crippen molar-refractivity contribution in [2.75, 3.05) is 11.1 Å². The molecule has 0 unspecified atom stereocenters. The van der Waals surface area contributed by atoms with Crippen LogP contribution in [0.2, 0.25) is 5.02 Å². The van der Waals surface area contributed by atoms with Gasteiger partial charge in [-0.2, -0.15) is 0 Å². The highest BCUT2D eigenvalue weighted by atomic mass is 35.5. The van der Waals surface area contributed by atoms with Crippen molar-refractivity contribution in [1.29, 1.82) is 0 Å². The van der Waals surface area contributed by atoms with Crippen LogP contribution in [0, 0.1) is 6.92 Å². The summed E-state index contributed by atoms with van der Waals surface area (Å²) in [6.45, 7) is 2.03. The Bertz CT molecular complexity index is 784. The average Bonchev–Trinajstić information content (AvgIpc) is 2.46. The molecular formula is C16H14ClN3. The van der Waals surface area contributed by atoms with Gasteiger partial charge in [-0.1, -0.05) is 17.7 Å². The van der Waals surface area contributed by atoms with Crippen LogP contribution < -0.4 is 11.1 Å². The van der Waals surface area contributed by atoms with E-state index in [-0.39, 0.29) is 0 Å². The molecular weight excluding hydrogens is 270 g/mol. The quantitative estimate of drug-likeness (QED) is 0.680. The van der Waals surface area contributed by atoms with Gasteiger partial charge in [-0.3, -0.25) is 4.98 Å². The molecule has 0 spiro atoms. The number of nitrogens with zero attached hydrogens (tertiary/aromatic N) is 1. The minimum absolute atomic E-state index is 0.677. The third-order valence-corrected chi connectivity index (χ3v) is 3.52. The lowest BCUT2D eigenvalue weighted by molar-refractivity contribution is 1.40. The monoisotopic (exact) mass is 283 g/mol. The number of hydrogen-bond acceptors (Lipinski definition) is 3. The summed E-state index contributed by atoms with van der Waals surface area (Å²) in [6.07, 6.45) is 1.75. The van der Waals surface area contributed by atoms with Crippen molar-refractivity contribution in [3.8, 4) is 0 Å². The summed E-state index contributed by atoms with van der Waals surface area (Å²) in [4.78, 5) is 4.40. The molecule has 1 aromatic heterocycles. The lowest BCUT2D eigenvalue weighted by Crippen LogP contribution is -1.96. The van der Waals surface area contributed by atoms with Crippen LogP contribution in [-0.4, -0.2) is 4.98 Å². The van der Waals surface area contributed by atoms with Crippen LogP contribution in [0.3, 0.4) is 0 Å². The first-order valence-electron chi connectivity index (χ1n) is 6.31.